The quantitative estimate of drug-likeness (QED) is 0.145. The zero-order valence-electron chi connectivity index (χ0n) is 31.4. The smallest absolute Gasteiger partial charge is 0.350 e. The summed E-state index contributed by atoms with van der Waals surface area (Å²) in [4.78, 5) is 0. The third-order valence-electron chi connectivity index (χ3n) is 12.3. The van der Waals surface area contributed by atoms with Crippen molar-refractivity contribution in [2.45, 2.75) is 178 Å². The Balaban J connectivity index is 1.75. The standard InChI is InChI=1S/C36H72O8Si4/c1-5-37-29-45(33-21-13-9-14-22-33)41-46(30-38-6-2,34-23-15-10-16-24-34)43-48(32-40-8-4,36-27-19-12-20-28-36)44-47(42-45,31-39-7-3)35-25-17-11-18-26-35/h33-36H,5-32H2,1-4H3. The third-order valence-corrected chi connectivity index (χ3v) is 33.1. The maximum absolute atomic E-state index is 8.26. The normalized spacial score (nSPS) is 35.8. The molecule has 4 saturated carbocycles. The Morgan fingerprint density at radius 1 is 0.333 bits per heavy atom. The highest BCUT2D eigenvalue weighted by atomic mass is 28.5. The molecule has 5 fully saturated rings. The lowest BCUT2D eigenvalue weighted by molar-refractivity contribution is 0.0733. The van der Waals surface area contributed by atoms with E-state index < -0.39 is 34.2 Å². The molecular weight excluding hydrogens is 673 g/mol. The van der Waals surface area contributed by atoms with Crippen molar-refractivity contribution >= 4 is 34.2 Å². The van der Waals surface area contributed by atoms with Crippen molar-refractivity contribution in [2.75, 3.05) is 51.3 Å². The van der Waals surface area contributed by atoms with Gasteiger partial charge in [0.2, 0.25) is 0 Å². The average Bonchev–Trinajstić information content (AvgIpc) is 3.14. The van der Waals surface area contributed by atoms with E-state index in [2.05, 4.69) is 27.7 Å². The first-order chi connectivity index (χ1) is 23.5. The molecule has 12 heteroatoms. The monoisotopic (exact) mass is 744 g/mol. The predicted octanol–water partition coefficient (Wildman–Crippen LogP) is 9.48. The molecule has 1 aliphatic heterocycles. The van der Waals surface area contributed by atoms with Gasteiger partial charge >= 0.3 is 34.2 Å². The summed E-state index contributed by atoms with van der Waals surface area (Å²) in [6, 6.07) is 0. The fourth-order valence-corrected chi connectivity index (χ4v) is 36.6. The molecule has 5 aliphatic rings. The zero-order valence-corrected chi connectivity index (χ0v) is 35.4. The minimum Gasteiger partial charge on any atom is -0.412 e. The van der Waals surface area contributed by atoms with E-state index in [0.717, 1.165) is 51.4 Å². The van der Waals surface area contributed by atoms with Crippen LogP contribution >= 0.6 is 0 Å². The first kappa shape index (κ1) is 39.7. The van der Waals surface area contributed by atoms with Gasteiger partial charge in [-0.05, 0) is 79.1 Å². The second kappa shape index (κ2) is 19.6. The molecule has 280 valence electrons. The average molecular weight is 745 g/mol. The van der Waals surface area contributed by atoms with Crippen LogP contribution in [0.1, 0.15) is 156 Å². The first-order valence-electron chi connectivity index (χ1n) is 20.6. The highest BCUT2D eigenvalue weighted by molar-refractivity contribution is 6.96. The summed E-state index contributed by atoms with van der Waals surface area (Å²) in [7, 11) is -12.4. The molecule has 0 aromatic rings. The van der Waals surface area contributed by atoms with E-state index in [-0.39, 0.29) is 0 Å². The molecule has 0 amide bonds. The van der Waals surface area contributed by atoms with Crippen LogP contribution in [0.15, 0.2) is 0 Å². The largest absolute Gasteiger partial charge is 0.412 e. The maximum atomic E-state index is 8.26. The van der Waals surface area contributed by atoms with Crippen molar-refractivity contribution in [3.63, 3.8) is 0 Å². The van der Waals surface area contributed by atoms with Crippen LogP contribution in [0.3, 0.4) is 0 Å². The minimum atomic E-state index is -3.09. The summed E-state index contributed by atoms with van der Waals surface area (Å²) >= 11 is 0. The zero-order chi connectivity index (χ0) is 33.8. The van der Waals surface area contributed by atoms with Crippen molar-refractivity contribution in [1.82, 2.24) is 0 Å². The van der Waals surface area contributed by atoms with Crippen LogP contribution in [-0.4, -0.2) is 85.6 Å². The summed E-state index contributed by atoms with van der Waals surface area (Å²) in [5.74, 6) is 0. The van der Waals surface area contributed by atoms with Crippen LogP contribution in [0.4, 0.5) is 0 Å². The maximum Gasteiger partial charge on any atom is 0.350 e. The van der Waals surface area contributed by atoms with Gasteiger partial charge in [0, 0.05) is 48.6 Å². The molecule has 0 atom stereocenters. The van der Waals surface area contributed by atoms with Crippen LogP contribution in [-0.2, 0) is 35.4 Å². The molecule has 48 heavy (non-hydrogen) atoms. The molecule has 0 aromatic carbocycles. The molecule has 8 nitrogen and oxygen atoms in total. The Morgan fingerprint density at radius 3 is 0.688 bits per heavy atom. The summed E-state index contributed by atoms with van der Waals surface area (Å²) in [6.45, 7) is 11.1. The topological polar surface area (TPSA) is 73.8 Å². The number of hydrogen-bond donors (Lipinski definition) is 0. The fourth-order valence-electron chi connectivity index (χ4n) is 9.77. The van der Waals surface area contributed by atoms with Gasteiger partial charge in [-0.2, -0.15) is 0 Å². The first-order valence-corrected chi connectivity index (χ1v) is 29.0. The Bertz CT molecular complexity index is 754. The van der Waals surface area contributed by atoms with Gasteiger partial charge in [-0.1, -0.05) is 77.0 Å². The lowest BCUT2D eigenvalue weighted by atomic mass is 10.0. The van der Waals surface area contributed by atoms with Gasteiger partial charge in [0.25, 0.3) is 0 Å². The highest BCUT2D eigenvalue weighted by Gasteiger charge is 2.69. The number of ether oxygens (including phenoxy) is 4. The Kier molecular flexibility index (Phi) is 16.2. The van der Waals surface area contributed by atoms with Crippen molar-refractivity contribution < 1.29 is 35.4 Å². The molecule has 4 aliphatic carbocycles. The minimum absolute atomic E-state index is 0.370. The Morgan fingerprint density at radius 2 is 0.521 bits per heavy atom. The molecule has 5 rings (SSSR count). The van der Waals surface area contributed by atoms with Gasteiger partial charge in [0.05, 0.1) is 24.9 Å². The van der Waals surface area contributed by atoms with Crippen molar-refractivity contribution in [2.24, 2.45) is 0 Å². The molecular formula is C36H72O8Si4. The van der Waals surface area contributed by atoms with E-state index in [1.165, 1.54) is 77.0 Å². The van der Waals surface area contributed by atoms with E-state index in [1.807, 2.05) is 0 Å². The molecule has 0 radical (unpaired) electrons. The molecule has 0 spiro atoms. The van der Waals surface area contributed by atoms with Gasteiger partial charge in [-0.3, -0.25) is 0 Å². The van der Waals surface area contributed by atoms with Crippen molar-refractivity contribution in [3.8, 4) is 0 Å². The van der Waals surface area contributed by atoms with Gasteiger partial charge in [0.1, 0.15) is 0 Å². The van der Waals surface area contributed by atoms with E-state index in [0.29, 0.717) is 73.5 Å². The molecule has 0 aromatic heterocycles. The van der Waals surface area contributed by atoms with Crippen LogP contribution < -0.4 is 0 Å². The lowest BCUT2D eigenvalue weighted by Gasteiger charge is -2.59. The summed E-state index contributed by atoms with van der Waals surface area (Å²) in [5.41, 5.74) is 1.48. The molecule has 0 bridgehead atoms. The Hall–Kier alpha value is 0.548. The fraction of sp³-hybridized carbons (Fsp3) is 1.00. The number of hydrogen-bond acceptors (Lipinski definition) is 8. The second-order valence-electron chi connectivity index (χ2n) is 15.5. The van der Waals surface area contributed by atoms with Gasteiger partial charge in [-0.15, -0.1) is 0 Å². The summed E-state index contributed by atoms with van der Waals surface area (Å²) < 4.78 is 59.4. The van der Waals surface area contributed by atoms with Crippen LogP contribution in [0.25, 0.3) is 0 Å². The van der Waals surface area contributed by atoms with Crippen LogP contribution in [0.5, 0.6) is 0 Å². The van der Waals surface area contributed by atoms with Gasteiger partial charge in [0.15, 0.2) is 0 Å². The van der Waals surface area contributed by atoms with Gasteiger partial charge < -0.3 is 35.4 Å². The van der Waals surface area contributed by atoms with E-state index in [1.54, 1.807) is 0 Å². The van der Waals surface area contributed by atoms with Crippen molar-refractivity contribution in [3.05, 3.63) is 0 Å². The summed E-state index contributed by atoms with van der Waals surface area (Å²) in [6.07, 6.45) is 26.5. The molecule has 1 heterocycles. The van der Waals surface area contributed by atoms with E-state index in [9.17, 15) is 0 Å². The molecule has 0 N–H and O–H groups in total. The highest BCUT2D eigenvalue weighted by Crippen LogP contribution is 2.54. The SMILES string of the molecule is CCOC[Si]1(C2CCCCC2)O[Si](COCC)(C2CCCCC2)O[Si](COCC)(C2CCCCC2)O[Si](COCC)(C2CCCCC2)O1. The van der Waals surface area contributed by atoms with Crippen LogP contribution in [0, 0.1) is 0 Å². The molecule has 0 unspecified atom stereocenters. The second-order valence-corrected chi connectivity index (χ2v) is 29.7. The van der Waals surface area contributed by atoms with Crippen LogP contribution in [0.2, 0.25) is 22.2 Å². The predicted molar refractivity (Wildman–Crippen MR) is 201 cm³/mol. The number of rotatable bonds is 16. The van der Waals surface area contributed by atoms with E-state index >= 15 is 0 Å². The Labute approximate surface area is 298 Å². The van der Waals surface area contributed by atoms with Crippen molar-refractivity contribution in [1.29, 1.82) is 0 Å². The molecule has 1 saturated heterocycles. The van der Waals surface area contributed by atoms with E-state index in [4.69, 9.17) is 35.4 Å². The lowest BCUT2D eigenvalue weighted by Crippen LogP contribution is -2.78. The third kappa shape index (κ3) is 9.55. The summed E-state index contributed by atoms with van der Waals surface area (Å²) in [5, 5.41) is 0. The van der Waals surface area contributed by atoms with Gasteiger partial charge in [-0.25, -0.2) is 0 Å².